The number of hydrogen-bond acceptors (Lipinski definition) is 6. The third-order valence-electron chi connectivity index (χ3n) is 7.50. The molecule has 7 nitrogen and oxygen atoms in total. The first kappa shape index (κ1) is 30.1. The molecule has 0 bridgehead atoms. The number of anilines is 2. The van der Waals surface area contributed by atoms with Gasteiger partial charge >= 0.3 is 0 Å². The Morgan fingerprint density at radius 2 is 1.71 bits per heavy atom. The van der Waals surface area contributed by atoms with Crippen LogP contribution in [-0.2, 0) is 16.4 Å². The van der Waals surface area contributed by atoms with E-state index in [-0.39, 0.29) is 0 Å². The topological polar surface area (TPSA) is 86.1 Å². The molecule has 0 amide bonds. The smallest absolute Gasteiger partial charge is 0.243 e. The lowest BCUT2D eigenvalue weighted by Crippen LogP contribution is -2.33. The SMILES string of the molecule is CCCCC(CC)COc1cc(N2CCc3cc(S(=O)(=O)N(CCCC)CCCC)ccc32)ccc1N=N. The number of sulfonamides is 1. The molecule has 3 rings (SSSR count). The van der Waals surface area contributed by atoms with Crippen LogP contribution in [-0.4, -0.2) is 39.0 Å². The highest BCUT2D eigenvalue weighted by Crippen LogP contribution is 2.40. The highest BCUT2D eigenvalue weighted by atomic mass is 32.2. The summed E-state index contributed by atoms with van der Waals surface area (Å²) in [5.41, 5.74) is 11.2. The van der Waals surface area contributed by atoms with Crippen molar-refractivity contribution in [2.45, 2.75) is 90.4 Å². The van der Waals surface area contributed by atoms with Gasteiger partial charge in [-0.15, -0.1) is 0 Å². The Labute approximate surface area is 230 Å². The van der Waals surface area contributed by atoms with Crippen LogP contribution in [0, 0.1) is 11.4 Å². The van der Waals surface area contributed by atoms with E-state index in [0.717, 1.165) is 68.4 Å². The van der Waals surface area contributed by atoms with Crippen LogP contribution in [0.15, 0.2) is 46.4 Å². The molecule has 1 aliphatic rings. The van der Waals surface area contributed by atoms with Crippen LogP contribution in [0.2, 0.25) is 0 Å². The molecule has 0 fully saturated rings. The summed E-state index contributed by atoms with van der Waals surface area (Å²) in [4.78, 5) is 2.59. The van der Waals surface area contributed by atoms with Crippen molar-refractivity contribution in [3.05, 3.63) is 42.0 Å². The second kappa shape index (κ2) is 14.6. The molecule has 1 N–H and O–H groups in total. The number of rotatable bonds is 17. The van der Waals surface area contributed by atoms with E-state index in [1.165, 1.54) is 12.8 Å². The van der Waals surface area contributed by atoms with Gasteiger partial charge in [-0.05, 0) is 67.5 Å². The van der Waals surface area contributed by atoms with E-state index in [2.05, 4.69) is 37.7 Å². The third kappa shape index (κ3) is 7.35. The van der Waals surface area contributed by atoms with Gasteiger partial charge in [-0.2, -0.15) is 9.42 Å². The van der Waals surface area contributed by atoms with Crippen molar-refractivity contribution in [1.82, 2.24) is 4.31 Å². The predicted molar refractivity (Wildman–Crippen MR) is 156 cm³/mol. The maximum Gasteiger partial charge on any atom is 0.243 e. The normalized spacial score (nSPS) is 14.1. The fourth-order valence-corrected chi connectivity index (χ4v) is 6.53. The lowest BCUT2D eigenvalue weighted by molar-refractivity contribution is 0.234. The van der Waals surface area contributed by atoms with Crippen molar-refractivity contribution in [3.63, 3.8) is 0 Å². The molecule has 1 unspecified atom stereocenters. The highest BCUT2D eigenvalue weighted by Gasteiger charge is 2.28. The lowest BCUT2D eigenvalue weighted by atomic mass is 10.0. The summed E-state index contributed by atoms with van der Waals surface area (Å²) >= 11 is 0. The largest absolute Gasteiger partial charge is 0.491 e. The van der Waals surface area contributed by atoms with Crippen LogP contribution < -0.4 is 9.64 Å². The molecule has 0 spiro atoms. The maximum absolute atomic E-state index is 13.5. The molecular weight excluding hydrogens is 496 g/mol. The fraction of sp³-hybridized carbons (Fsp3) is 0.600. The van der Waals surface area contributed by atoms with Crippen molar-refractivity contribution in [2.24, 2.45) is 11.0 Å². The second-order valence-corrected chi connectivity index (χ2v) is 12.2. The second-order valence-electron chi connectivity index (χ2n) is 10.3. The molecule has 0 aromatic heterocycles. The molecule has 38 heavy (non-hydrogen) atoms. The Bertz CT molecular complexity index is 1140. The minimum atomic E-state index is -3.53. The third-order valence-corrected chi connectivity index (χ3v) is 9.39. The Morgan fingerprint density at radius 3 is 2.34 bits per heavy atom. The van der Waals surface area contributed by atoms with E-state index in [1.54, 1.807) is 10.4 Å². The summed E-state index contributed by atoms with van der Waals surface area (Å²) in [5, 5.41) is 3.68. The maximum atomic E-state index is 13.5. The molecule has 0 aliphatic carbocycles. The molecule has 1 heterocycles. The Hall–Kier alpha value is -2.45. The van der Waals surface area contributed by atoms with E-state index in [0.29, 0.717) is 41.9 Å². The quantitative estimate of drug-likeness (QED) is 0.204. The zero-order valence-electron chi connectivity index (χ0n) is 23.7. The van der Waals surface area contributed by atoms with Gasteiger partial charge in [0.15, 0.2) is 0 Å². The first-order valence-electron chi connectivity index (χ1n) is 14.4. The monoisotopic (exact) mass is 542 g/mol. The lowest BCUT2D eigenvalue weighted by Gasteiger charge is -2.23. The molecule has 1 aliphatic heterocycles. The fourth-order valence-electron chi connectivity index (χ4n) is 4.96. The zero-order valence-corrected chi connectivity index (χ0v) is 24.5. The van der Waals surface area contributed by atoms with E-state index >= 15 is 0 Å². The summed E-state index contributed by atoms with van der Waals surface area (Å²) in [5.74, 6) is 1.11. The average Bonchev–Trinajstić information content (AvgIpc) is 3.36. The van der Waals surface area contributed by atoms with Crippen LogP contribution in [0.1, 0.15) is 84.6 Å². The van der Waals surface area contributed by atoms with Crippen molar-refractivity contribution in [2.75, 3.05) is 31.1 Å². The first-order chi connectivity index (χ1) is 18.4. The number of fused-ring (bicyclic) bond motifs is 1. The molecule has 8 heteroatoms. The molecule has 2 aromatic rings. The van der Waals surface area contributed by atoms with E-state index in [4.69, 9.17) is 10.3 Å². The van der Waals surface area contributed by atoms with Crippen molar-refractivity contribution in [1.29, 1.82) is 5.53 Å². The molecule has 0 radical (unpaired) electrons. The number of unbranched alkanes of at least 4 members (excludes halogenated alkanes) is 3. The first-order valence-corrected chi connectivity index (χ1v) is 15.9. The van der Waals surface area contributed by atoms with Gasteiger partial charge in [0.1, 0.15) is 11.4 Å². The molecule has 0 saturated heterocycles. The van der Waals surface area contributed by atoms with Crippen LogP contribution >= 0.6 is 0 Å². The Morgan fingerprint density at radius 1 is 1.00 bits per heavy atom. The van der Waals surface area contributed by atoms with Gasteiger partial charge in [-0.25, -0.2) is 13.9 Å². The molecule has 0 saturated carbocycles. The summed E-state index contributed by atoms with van der Waals surface area (Å²) in [6, 6.07) is 11.3. The van der Waals surface area contributed by atoms with Gasteiger partial charge < -0.3 is 9.64 Å². The number of benzene rings is 2. The number of ether oxygens (including phenoxy) is 1. The van der Waals surface area contributed by atoms with Crippen LogP contribution in [0.5, 0.6) is 5.75 Å². The summed E-state index contributed by atoms with van der Waals surface area (Å²) in [7, 11) is -3.53. The Kier molecular flexibility index (Phi) is 11.6. The number of hydrogen-bond donors (Lipinski definition) is 1. The van der Waals surface area contributed by atoms with Gasteiger partial charge in [0.25, 0.3) is 0 Å². The van der Waals surface area contributed by atoms with Crippen molar-refractivity contribution in [3.8, 4) is 5.75 Å². The van der Waals surface area contributed by atoms with Crippen LogP contribution in [0.3, 0.4) is 0 Å². The van der Waals surface area contributed by atoms with Gasteiger partial charge in [-0.3, -0.25) is 0 Å². The van der Waals surface area contributed by atoms with E-state index in [9.17, 15) is 8.42 Å². The van der Waals surface area contributed by atoms with Gasteiger partial charge in [0.2, 0.25) is 10.0 Å². The van der Waals surface area contributed by atoms with Gasteiger partial charge in [0, 0.05) is 37.1 Å². The summed E-state index contributed by atoms with van der Waals surface area (Å²) in [6.45, 7) is 11.1. The molecule has 1 atom stereocenters. The number of nitrogens with one attached hydrogen (secondary N) is 1. The van der Waals surface area contributed by atoms with E-state index in [1.807, 2.05) is 30.3 Å². The van der Waals surface area contributed by atoms with Gasteiger partial charge in [-0.1, -0.05) is 59.8 Å². The zero-order chi connectivity index (χ0) is 27.5. The Balaban J connectivity index is 1.83. The van der Waals surface area contributed by atoms with Crippen LogP contribution in [0.4, 0.5) is 17.1 Å². The molecular formula is C30H46N4O3S. The molecule has 210 valence electrons. The standard InChI is InChI=1S/C30H46N4O3S/c1-5-9-12-24(8-4)23-37-30-22-26(13-15-28(30)32-31)34-20-17-25-21-27(14-16-29(25)34)38(35,36)33(18-10-6-2)19-11-7-3/h13-16,21-22,24,31H,5-12,17-20,23H2,1-4H3. The van der Waals surface area contributed by atoms with Gasteiger partial charge in [0.05, 0.1) is 11.5 Å². The molecule has 2 aromatic carbocycles. The van der Waals surface area contributed by atoms with Crippen LogP contribution in [0.25, 0.3) is 0 Å². The predicted octanol–water partition coefficient (Wildman–Crippen LogP) is 8.23. The minimum Gasteiger partial charge on any atom is -0.491 e. The summed E-state index contributed by atoms with van der Waals surface area (Å²) in [6.07, 6.45) is 9.00. The minimum absolute atomic E-state index is 0.385. The van der Waals surface area contributed by atoms with Crippen molar-refractivity contribution >= 4 is 27.1 Å². The average molecular weight is 543 g/mol. The van der Waals surface area contributed by atoms with E-state index < -0.39 is 10.0 Å². The van der Waals surface area contributed by atoms with Crippen molar-refractivity contribution < 1.29 is 13.2 Å². The number of nitrogens with zero attached hydrogens (tertiary/aromatic N) is 3. The highest BCUT2D eigenvalue weighted by molar-refractivity contribution is 7.89. The summed E-state index contributed by atoms with van der Waals surface area (Å²) < 4.78 is 34.8.